The summed E-state index contributed by atoms with van der Waals surface area (Å²) in [6.45, 7) is 5.76. The molecule has 0 atom stereocenters. The van der Waals surface area contributed by atoms with Gasteiger partial charge in [-0.1, -0.05) is 11.6 Å². The summed E-state index contributed by atoms with van der Waals surface area (Å²) >= 11 is 7.77. The summed E-state index contributed by atoms with van der Waals surface area (Å²) in [5.74, 6) is 1.01. The smallest absolute Gasteiger partial charge is 0.413 e. The molecule has 1 aromatic carbocycles. The van der Waals surface area contributed by atoms with Crippen molar-refractivity contribution in [2.75, 3.05) is 29.2 Å². The van der Waals surface area contributed by atoms with E-state index >= 15 is 0 Å². The minimum atomic E-state index is -0.642. The number of hydrogen-bond acceptors (Lipinski definition) is 8. The molecule has 0 unspecified atom stereocenters. The standard InChI is InChI=1S/C24H27ClFN5O3S/c1-24(2,3)34-23(32)29-21-13-16(8-9-27-21)28-20-14-19(17-12-15(25)6-7-18(17)26)30-31-22(20)33-10-5-11-35-4/h6-9,12-14H,5,10-11H2,1-4H3,(H2,27,28,29,30,32). The maximum Gasteiger partial charge on any atom is 0.413 e. The van der Waals surface area contributed by atoms with Gasteiger partial charge in [0.1, 0.15) is 22.9 Å². The normalized spacial score (nSPS) is 11.1. The van der Waals surface area contributed by atoms with Gasteiger partial charge in [0.2, 0.25) is 0 Å². The SMILES string of the molecule is CSCCCOc1nnc(-c2cc(Cl)ccc2F)cc1Nc1ccnc(NC(=O)OC(C)(C)C)c1. The first-order valence-corrected chi connectivity index (χ1v) is 12.6. The van der Waals surface area contributed by atoms with Gasteiger partial charge >= 0.3 is 6.09 Å². The lowest BCUT2D eigenvalue weighted by Gasteiger charge is -2.19. The van der Waals surface area contributed by atoms with Crippen molar-refractivity contribution in [2.24, 2.45) is 0 Å². The van der Waals surface area contributed by atoms with Crippen LogP contribution in [0.3, 0.4) is 0 Å². The molecule has 8 nitrogen and oxygen atoms in total. The van der Waals surface area contributed by atoms with Crippen LogP contribution in [0.25, 0.3) is 11.3 Å². The number of amides is 1. The molecule has 0 aliphatic rings. The van der Waals surface area contributed by atoms with Crippen LogP contribution in [0.2, 0.25) is 5.02 Å². The van der Waals surface area contributed by atoms with Gasteiger partial charge in [0.25, 0.3) is 5.88 Å². The molecule has 2 heterocycles. The van der Waals surface area contributed by atoms with E-state index in [0.29, 0.717) is 23.0 Å². The highest BCUT2D eigenvalue weighted by atomic mass is 35.5. The van der Waals surface area contributed by atoms with Gasteiger partial charge in [-0.2, -0.15) is 11.8 Å². The number of nitrogens with zero attached hydrogens (tertiary/aromatic N) is 3. The first-order valence-electron chi connectivity index (χ1n) is 10.8. The first-order chi connectivity index (χ1) is 16.6. The number of pyridine rings is 1. The van der Waals surface area contributed by atoms with Crippen LogP contribution >= 0.6 is 23.4 Å². The number of hydrogen-bond donors (Lipinski definition) is 2. The van der Waals surface area contributed by atoms with Gasteiger partial charge in [-0.05, 0) is 69.5 Å². The van der Waals surface area contributed by atoms with Crippen molar-refractivity contribution < 1.29 is 18.7 Å². The maximum atomic E-state index is 14.5. The molecule has 0 fully saturated rings. The summed E-state index contributed by atoms with van der Waals surface area (Å²) in [5.41, 5.74) is 0.907. The van der Waals surface area contributed by atoms with Crippen LogP contribution in [0.4, 0.5) is 26.4 Å². The summed E-state index contributed by atoms with van der Waals surface area (Å²) in [7, 11) is 0. The number of nitrogens with one attached hydrogen (secondary N) is 2. The van der Waals surface area contributed by atoms with Crippen molar-refractivity contribution >= 4 is 46.6 Å². The quantitative estimate of drug-likeness (QED) is 0.307. The van der Waals surface area contributed by atoms with Crippen molar-refractivity contribution in [1.29, 1.82) is 0 Å². The molecule has 0 radical (unpaired) electrons. The van der Waals surface area contributed by atoms with Gasteiger partial charge in [-0.25, -0.2) is 14.2 Å². The zero-order chi connectivity index (χ0) is 25.4. The Kier molecular flexibility index (Phi) is 9.11. The number of halogens is 2. The predicted molar refractivity (Wildman–Crippen MR) is 138 cm³/mol. The lowest BCUT2D eigenvalue weighted by atomic mass is 10.1. The third-order valence-corrected chi connectivity index (χ3v) is 5.30. The molecule has 0 aliphatic heterocycles. The summed E-state index contributed by atoms with van der Waals surface area (Å²) in [5, 5.41) is 14.5. The Morgan fingerprint density at radius 1 is 1.17 bits per heavy atom. The average molecular weight is 520 g/mol. The molecular formula is C24H27ClFN5O3S. The maximum absolute atomic E-state index is 14.5. The van der Waals surface area contributed by atoms with E-state index in [2.05, 4.69) is 25.8 Å². The fraction of sp³-hybridized carbons (Fsp3) is 0.333. The molecule has 186 valence electrons. The summed E-state index contributed by atoms with van der Waals surface area (Å²) in [4.78, 5) is 16.3. The Morgan fingerprint density at radius 2 is 1.97 bits per heavy atom. The minimum absolute atomic E-state index is 0.212. The molecule has 0 saturated carbocycles. The average Bonchev–Trinajstić information content (AvgIpc) is 2.78. The van der Waals surface area contributed by atoms with Crippen LogP contribution < -0.4 is 15.4 Å². The number of anilines is 3. The predicted octanol–water partition coefficient (Wildman–Crippen LogP) is 6.55. The third kappa shape index (κ3) is 8.25. The highest BCUT2D eigenvalue weighted by molar-refractivity contribution is 7.98. The van der Waals surface area contributed by atoms with E-state index in [1.54, 1.807) is 50.7 Å². The molecule has 0 saturated heterocycles. The van der Waals surface area contributed by atoms with Crippen molar-refractivity contribution in [2.45, 2.75) is 32.8 Å². The van der Waals surface area contributed by atoms with Crippen molar-refractivity contribution in [3.63, 3.8) is 0 Å². The van der Waals surface area contributed by atoms with Crippen LogP contribution in [-0.2, 0) is 4.74 Å². The zero-order valence-corrected chi connectivity index (χ0v) is 21.5. The van der Waals surface area contributed by atoms with Crippen molar-refractivity contribution in [3.8, 4) is 17.1 Å². The molecular weight excluding hydrogens is 493 g/mol. The fourth-order valence-electron chi connectivity index (χ4n) is 2.91. The summed E-state index contributed by atoms with van der Waals surface area (Å²) in [6, 6.07) is 9.19. The summed E-state index contributed by atoms with van der Waals surface area (Å²) in [6.07, 6.45) is 3.75. The van der Waals surface area contributed by atoms with Crippen molar-refractivity contribution in [1.82, 2.24) is 15.2 Å². The van der Waals surface area contributed by atoms with Crippen LogP contribution in [0.15, 0.2) is 42.6 Å². The van der Waals surface area contributed by atoms with E-state index in [9.17, 15) is 9.18 Å². The van der Waals surface area contributed by atoms with Gasteiger partial charge in [0.05, 0.1) is 12.3 Å². The van der Waals surface area contributed by atoms with Crippen molar-refractivity contribution in [3.05, 3.63) is 53.4 Å². The van der Waals surface area contributed by atoms with E-state index < -0.39 is 17.5 Å². The molecule has 3 rings (SSSR count). The van der Waals surface area contributed by atoms with E-state index in [-0.39, 0.29) is 23.0 Å². The van der Waals surface area contributed by atoms with Gasteiger partial charge in [0.15, 0.2) is 0 Å². The van der Waals surface area contributed by atoms with E-state index in [0.717, 1.165) is 12.2 Å². The monoisotopic (exact) mass is 519 g/mol. The molecule has 0 aliphatic carbocycles. The highest BCUT2D eigenvalue weighted by Crippen LogP contribution is 2.32. The molecule has 3 aromatic rings. The molecule has 2 N–H and O–H groups in total. The Morgan fingerprint density at radius 3 is 2.71 bits per heavy atom. The number of thioether (sulfide) groups is 1. The lowest BCUT2D eigenvalue weighted by Crippen LogP contribution is -2.27. The molecule has 0 bridgehead atoms. The number of benzene rings is 1. The second-order valence-corrected chi connectivity index (χ2v) is 9.87. The largest absolute Gasteiger partial charge is 0.475 e. The second-order valence-electron chi connectivity index (χ2n) is 8.45. The van der Waals surface area contributed by atoms with E-state index in [1.165, 1.54) is 24.4 Å². The van der Waals surface area contributed by atoms with Gasteiger partial charge in [-0.15, -0.1) is 10.2 Å². The number of rotatable bonds is 9. The number of ether oxygens (including phenoxy) is 2. The van der Waals surface area contributed by atoms with E-state index in [1.807, 2.05) is 6.26 Å². The van der Waals surface area contributed by atoms with Gasteiger partial charge in [-0.3, -0.25) is 5.32 Å². The first kappa shape index (κ1) is 26.5. The number of carbonyl (C=O) groups is 1. The van der Waals surface area contributed by atoms with Crippen LogP contribution in [-0.4, -0.2) is 45.5 Å². The molecule has 35 heavy (non-hydrogen) atoms. The number of aromatic nitrogens is 3. The van der Waals surface area contributed by atoms with Crippen LogP contribution in [0.1, 0.15) is 27.2 Å². The molecule has 11 heteroatoms. The highest BCUT2D eigenvalue weighted by Gasteiger charge is 2.17. The fourth-order valence-corrected chi connectivity index (χ4v) is 3.49. The third-order valence-electron chi connectivity index (χ3n) is 4.36. The molecule has 2 aromatic heterocycles. The van der Waals surface area contributed by atoms with Gasteiger partial charge in [0, 0.05) is 28.5 Å². The Bertz CT molecular complexity index is 1180. The second kappa shape index (κ2) is 12.0. The Balaban J connectivity index is 1.88. The molecule has 0 spiro atoms. The van der Waals surface area contributed by atoms with Crippen LogP contribution in [0.5, 0.6) is 5.88 Å². The topological polar surface area (TPSA) is 98.3 Å². The van der Waals surface area contributed by atoms with Crippen LogP contribution in [0, 0.1) is 5.82 Å². The Hall–Kier alpha value is -3.11. The lowest BCUT2D eigenvalue weighted by molar-refractivity contribution is 0.0635. The number of carbonyl (C=O) groups excluding carboxylic acids is 1. The van der Waals surface area contributed by atoms with Gasteiger partial charge < -0.3 is 14.8 Å². The molecule has 1 amide bonds. The van der Waals surface area contributed by atoms with E-state index in [4.69, 9.17) is 21.1 Å². The minimum Gasteiger partial charge on any atom is -0.475 e. The summed E-state index contributed by atoms with van der Waals surface area (Å²) < 4.78 is 25.6. The Labute approximate surface area is 213 Å². The zero-order valence-electron chi connectivity index (χ0n) is 19.9.